The molecule has 0 aliphatic carbocycles. The van der Waals surface area contributed by atoms with Gasteiger partial charge in [-0.2, -0.15) is 0 Å². The van der Waals surface area contributed by atoms with E-state index < -0.39 is 0 Å². The second-order valence-electron chi connectivity index (χ2n) is 7.17. The fourth-order valence-electron chi connectivity index (χ4n) is 3.28. The number of aliphatic imine (C=N–C) groups is 1. The van der Waals surface area contributed by atoms with E-state index in [-0.39, 0.29) is 0 Å². The summed E-state index contributed by atoms with van der Waals surface area (Å²) in [5.74, 6) is 2.06. The van der Waals surface area contributed by atoms with Gasteiger partial charge in [0.15, 0.2) is 0 Å². The molecule has 3 aromatic rings. The number of nitrogens with zero attached hydrogens (tertiary/aromatic N) is 4. The molecule has 7 nitrogen and oxygen atoms in total. The van der Waals surface area contributed by atoms with Crippen molar-refractivity contribution >= 4 is 22.8 Å². The van der Waals surface area contributed by atoms with E-state index in [0.717, 1.165) is 28.9 Å². The summed E-state index contributed by atoms with van der Waals surface area (Å²) in [6, 6.07) is 14.5. The third kappa shape index (κ3) is 4.63. The van der Waals surface area contributed by atoms with Crippen LogP contribution < -0.4 is 15.4 Å². The fourth-order valence-corrected chi connectivity index (χ4v) is 3.28. The van der Waals surface area contributed by atoms with Crippen LogP contribution in [0.2, 0.25) is 0 Å². The van der Waals surface area contributed by atoms with Crippen LogP contribution >= 0.6 is 0 Å². The van der Waals surface area contributed by atoms with Crippen LogP contribution in [0.15, 0.2) is 47.5 Å². The summed E-state index contributed by atoms with van der Waals surface area (Å²) in [6.07, 6.45) is 0. The maximum atomic E-state index is 5.57. The molecule has 29 heavy (non-hydrogen) atoms. The lowest BCUT2D eigenvalue weighted by atomic mass is 10.1. The minimum Gasteiger partial charge on any atom is -0.494 e. The van der Waals surface area contributed by atoms with Gasteiger partial charge in [-0.05, 0) is 44.5 Å². The molecule has 1 aliphatic heterocycles. The number of rotatable bonds is 5. The van der Waals surface area contributed by atoms with Crippen LogP contribution in [-0.4, -0.2) is 40.8 Å². The zero-order valence-electron chi connectivity index (χ0n) is 17.1. The molecule has 4 rings (SSSR count). The molecule has 0 fully saturated rings. The highest BCUT2D eigenvalue weighted by Crippen LogP contribution is 2.23. The van der Waals surface area contributed by atoms with Crippen LogP contribution in [0.1, 0.15) is 23.7 Å². The van der Waals surface area contributed by atoms with Gasteiger partial charge < -0.3 is 10.1 Å². The Morgan fingerprint density at radius 3 is 2.66 bits per heavy atom. The van der Waals surface area contributed by atoms with Crippen molar-refractivity contribution in [3.05, 3.63) is 59.3 Å². The Morgan fingerprint density at radius 1 is 1.10 bits per heavy atom. The van der Waals surface area contributed by atoms with Crippen molar-refractivity contribution in [1.29, 1.82) is 0 Å². The van der Waals surface area contributed by atoms with Crippen molar-refractivity contribution in [3.63, 3.8) is 0 Å². The molecule has 7 heteroatoms. The van der Waals surface area contributed by atoms with E-state index in [0.29, 0.717) is 31.9 Å². The Bertz CT molecular complexity index is 1030. The molecule has 0 saturated carbocycles. The van der Waals surface area contributed by atoms with Gasteiger partial charge in [-0.25, -0.2) is 15.0 Å². The summed E-state index contributed by atoms with van der Waals surface area (Å²) in [5, 5.41) is 7.50. The molecule has 1 aromatic heterocycles. The summed E-state index contributed by atoms with van der Waals surface area (Å²) >= 11 is 0. The summed E-state index contributed by atoms with van der Waals surface area (Å²) in [6.45, 7) is 8.88. The van der Waals surface area contributed by atoms with E-state index in [4.69, 9.17) is 4.74 Å². The van der Waals surface area contributed by atoms with Crippen molar-refractivity contribution in [1.82, 2.24) is 20.2 Å². The van der Waals surface area contributed by atoms with Gasteiger partial charge in [0, 0.05) is 11.9 Å². The van der Waals surface area contributed by atoms with E-state index in [1.54, 1.807) is 0 Å². The third-order valence-electron chi connectivity index (χ3n) is 4.82. The normalized spacial score (nSPS) is 14.4. The van der Waals surface area contributed by atoms with Crippen molar-refractivity contribution in [3.8, 4) is 5.75 Å². The third-order valence-corrected chi connectivity index (χ3v) is 4.82. The number of aryl methyl sites for hydroxylation is 2. The predicted molar refractivity (Wildman–Crippen MR) is 116 cm³/mol. The highest BCUT2D eigenvalue weighted by Gasteiger charge is 2.14. The number of anilines is 1. The molecule has 1 aliphatic rings. The van der Waals surface area contributed by atoms with E-state index in [9.17, 15) is 0 Å². The predicted octanol–water partition coefficient (Wildman–Crippen LogP) is 3.43. The SMILES string of the molecule is CCOc1ccc2nc(NC3=NCN(Cc4ccc(C)cc4)CN3)nc(C)c2c1. The number of aromatic nitrogens is 2. The summed E-state index contributed by atoms with van der Waals surface area (Å²) < 4.78 is 5.57. The van der Waals surface area contributed by atoms with Gasteiger partial charge in [0.2, 0.25) is 11.9 Å². The molecule has 0 unspecified atom stereocenters. The van der Waals surface area contributed by atoms with Gasteiger partial charge >= 0.3 is 0 Å². The largest absolute Gasteiger partial charge is 0.494 e. The number of fused-ring (bicyclic) bond motifs is 1. The van der Waals surface area contributed by atoms with Crippen LogP contribution in [0.3, 0.4) is 0 Å². The first-order valence-corrected chi connectivity index (χ1v) is 9.85. The lowest BCUT2D eigenvalue weighted by Crippen LogP contribution is -2.45. The van der Waals surface area contributed by atoms with E-state index in [1.165, 1.54) is 11.1 Å². The highest BCUT2D eigenvalue weighted by molar-refractivity contribution is 5.93. The summed E-state index contributed by atoms with van der Waals surface area (Å²) in [7, 11) is 0. The number of ether oxygens (including phenoxy) is 1. The van der Waals surface area contributed by atoms with Crippen LogP contribution in [0.5, 0.6) is 5.75 Å². The summed E-state index contributed by atoms with van der Waals surface area (Å²) in [4.78, 5) is 16.0. The molecule has 2 heterocycles. The molecular weight excluding hydrogens is 364 g/mol. The molecule has 150 valence electrons. The van der Waals surface area contributed by atoms with Gasteiger partial charge in [0.1, 0.15) is 5.75 Å². The monoisotopic (exact) mass is 390 g/mol. The Kier molecular flexibility index (Phi) is 5.57. The van der Waals surface area contributed by atoms with Crippen LogP contribution in [-0.2, 0) is 6.54 Å². The average molecular weight is 390 g/mol. The zero-order valence-corrected chi connectivity index (χ0v) is 17.1. The smallest absolute Gasteiger partial charge is 0.230 e. The molecule has 2 N–H and O–H groups in total. The summed E-state index contributed by atoms with van der Waals surface area (Å²) in [5.41, 5.74) is 4.33. The van der Waals surface area contributed by atoms with Crippen molar-refractivity contribution < 1.29 is 4.74 Å². The van der Waals surface area contributed by atoms with E-state index >= 15 is 0 Å². The van der Waals surface area contributed by atoms with Crippen molar-refractivity contribution in [2.75, 3.05) is 25.3 Å². The molecule has 0 amide bonds. The fraction of sp³-hybridized carbons (Fsp3) is 0.318. The van der Waals surface area contributed by atoms with E-state index in [2.05, 4.69) is 61.7 Å². The molecular formula is C22H26N6O. The number of hydrogen-bond donors (Lipinski definition) is 2. The quantitative estimate of drug-likeness (QED) is 0.695. The van der Waals surface area contributed by atoms with E-state index in [1.807, 2.05) is 32.0 Å². The lowest BCUT2D eigenvalue weighted by molar-refractivity contribution is 0.256. The molecule has 0 atom stereocenters. The topological polar surface area (TPSA) is 74.7 Å². The number of guanidine groups is 1. The minimum absolute atomic E-state index is 0.539. The Hall–Kier alpha value is -3.19. The standard InChI is InChI=1S/C22H26N6O/c1-4-29-18-9-10-20-19(11-18)16(3)25-22(26-20)27-21-23-13-28(14-24-21)12-17-7-5-15(2)6-8-17/h5-11H,4,12-14H2,1-3H3,(H2,23,24,25,26,27). The molecule has 0 bridgehead atoms. The van der Waals surface area contributed by atoms with Crippen LogP contribution in [0.4, 0.5) is 5.95 Å². The lowest BCUT2D eigenvalue weighted by Gasteiger charge is -2.27. The molecule has 0 radical (unpaired) electrons. The second-order valence-corrected chi connectivity index (χ2v) is 7.17. The Morgan fingerprint density at radius 2 is 1.93 bits per heavy atom. The van der Waals surface area contributed by atoms with Crippen LogP contribution in [0.25, 0.3) is 10.9 Å². The second kappa shape index (κ2) is 8.45. The van der Waals surface area contributed by atoms with Gasteiger partial charge in [-0.3, -0.25) is 10.2 Å². The number of benzene rings is 2. The maximum Gasteiger partial charge on any atom is 0.230 e. The first-order chi connectivity index (χ1) is 14.1. The van der Waals surface area contributed by atoms with Crippen molar-refractivity contribution in [2.45, 2.75) is 27.3 Å². The highest BCUT2D eigenvalue weighted by atomic mass is 16.5. The number of hydrogen-bond acceptors (Lipinski definition) is 7. The first kappa shape index (κ1) is 19.1. The van der Waals surface area contributed by atoms with Gasteiger partial charge in [-0.1, -0.05) is 29.8 Å². The van der Waals surface area contributed by atoms with Gasteiger partial charge in [0.25, 0.3) is 0 Å². The maximum absolute atomic E-state index is 5.57. The Labute approximate surface area is 170 Å². The molecule has 2 aromatic carbocycles. The number of nitrogens with one attached hydrogen (secondary N) is 2. The molecule has 0 spiro atoms. The Balaban J connectivity index is 1.42. The van der Waals surface area contributed by atoms with Gasteiger partial charge in [0.05, 0.1) is 31.2 Å². The van der Waals surface area contributed by atoms with Crippen LogP contribution in [0, 0.1) is 13.8 Å². The molecule has 0 saturated heterocycles. The first-order valence-electron chi connectivity index (χ1n) is 9.85. The zero-order chi connectivity index (χ0) is 20.2. The average Bonchev–Trinajstić information content (AvgIpc) is 2.72. The van der Waals surface area contributed by atoms with Crippen molar-refractivity contribution in [2.24, 2.45) is 4.99 Å². The minimum atomic E-state index is 0.539. The van der Waals surface area contributed by atoms with Gasteiger partial charge in [-0.15, -0.1) is 0 Å².